The number of rotatable bonds is 12. The molecule has 0 amide bonds. The smallest absolute Gasteiger partial charge is 0.222 e. The first-order valence-electron chi connectivity index (χ1n) is 11.4. The summed E-state index contributed by atoms with van der Waals surface area (Å²) < 4.78 is 11.6. The molecule has 0 spiro atoms. The maximum atomic E-state index is 9.44. The van der Waals surface area contributed by atoms with Crippen LogP contribution in [0.3, 0.4) is 0 Å². The van der Waals surface area contributed by atoms with E-state index in [1.807, 2.05) is 55.5 Å². The molecule has 1 aromatic heterocycles. The van der Waals surface area contributed by atoms with E-state index in [-0.39, 0.29) is 18.6 Å². The second-order valence-corrected chi connectivity index (χ2v) is 8.06. The van der Waals surface area contributed by atoms with E-state index in [4.69, 9.17) is 15.2 Å². The maximum Gasteiger partial charge on any atom is 0.222 e. The SMILES string of the molecule is CCC[C@@H](CCO)Nc1nc(N)nc(C)c1Cc1ccc(OCc2ccccc2)cc1OC. The molecule has 0 saturated heterocycles. The van der Waals surface area contributed by atoms with E-state index in [1.54, 1.807) is 7.11 Å². The Labute approximate surface area is 196 Å². The highest BCUT2D eigenvalue weighted by Gasteiger charge is 2.17. The van der Waals surface area contributed by atoms with Gasteiger partial charge in [-0.15, -0.1) is 0 Å². The molecule has 0 aliphatic rings. The van der Waals surface area contributed by atoms with Gasteiger partial charge in [0, 0.05) is 36.4 Å². The number of methoxy groups -OCH3 is 1. The van der Waals surface area contributed by atoms with Gasteiger partial charge in [-0.25, -0.2) is 4.98 Å². The van der Waals surface area contributed by atoms with E-state index in [2.05, 4.69) is 22.2 Å². The Balaban J connectivity index is 1.82. The van der Waals surface area contributed by atoms with Gasteiger partial charge in [0.25, 0.3) is 0 Å². The molecule has 7 heteroatoms. The molecule has 33 heavy (non-hydrogen) atoms. The fraction of sp³-hybridized carbons (Fsp3) is 0.385. The summed E-state index contributed by atoms with van der Waals surface area (Å²) in [7, 11) is 1.66. The Bertz CT molecular complexity index is 1020. The summed E-state index contributed by atoms with van der Waals surface area (Å²) in [5.41, 5.74) is 9.83. The van der Waals surface area contributed by atoms with Gasteiger partial charge in [0.1, 0.15) is 23.9 Å². The Morgan fingerprint density at radius 2 is 1.88 bits per heavy atom. The Hall–Kier alpha value is -3.32. The lowest BCUT2D eigenvalue weighted by molar-refractivity contribution is 0.276. The van der Waals surface area contributed by atoms with Gasteiger partial charge in [-0.2, -0.15) is 4.98 Å². The number of benzene rings is 2. The molecule has 3 rings (SSSR count). The molecule has 176 valence electrons. The highest BCUT2D eigenvalue weighted by molar-refractivity contribution is 5.54. The molecule has 0 aliphatic heterocycles. The van der Waals surface area contributed by atoms with Crippen molar-refractivity contribution in [2.24, 2.45) is 0 Å². The summed E-state index contributed by atoms with van der Waals surface area (Å²) in [6.45, 7) is 4.67. The molecule has 3 aromatic rings. The van der Waals surface area contributed by atoms with Crippen LogP contribution in [-0.4, -0.2) is 34.8 Å². The minimum atomic E-state index is 0.114. The van der Waals surface area contributed by atoms with Gasteiger partial charge in [-0.05, 0) is 37.0 Å². The number of ether oxygens (including phenoxy) is 2. The number of hydrogen-bond donors (Lipinski definition) is 3. The summed E-state index contributed by atoms with van der Waals surface area (Å²) in [5, 5.41) is 12.9. The molecule has 0 saturated carbocycles. The van der Waals surface area contributed by atoms with Gasteiger partial charge in [0.05, 0.1) is 7.11 Å². The van der Waals surface area contributed by atoms with Crippen LogP contribution in [0, 0.1) is 6.92 Å². The van der Waals surface area contributed by atoms with Crippen molar-refractivity contribution in [3.05, 3.63) is 70.9 Å². The molecular weight excluding hydrogens is 416 g/mol. The van der Waals surface area contributed by atoms with Crippen molar-refractivity contribution in [2.75, 3.05) is 24.8 Å². The lowest BCUT2D eigenvalue weighted by atomic mass is 10.0. The quantitative estimate of drug-likeness (QED) is 0.373. The van der Waals surface area contributed by atoms with Gasteiger partial charge in [-0.3, -0.25) is 0 Å². The second kappa shape index (κ2) is 12.1. The van der Waals surface area contributed by atoms with Crippen molar-refractivity contribution in [3.63, 3.8) is 0 Å². The first-order chi connectivity index (χ1) is 16.0. The number of anilines is 2. The third kappa shape index (κ3) is 6.83. The standard InChI is InChI=1S/C26H34N4O3/c1-4-8-21(13-14-31)29-25-23(18(2)28-26(27)30-25)15-20-11-12-22(16-24(20)32-3)33-17-19-9-6-5-7-10-19/h5-7,9-12,16,21,31H,4,8,13-15,17H2,1-3H3,(H3,27,28,29,30)/t21-/m0/s1. The third-order valence-corrected chi connectivity index (χ3v) is 5.56. The fourth-order valence-electron chi connectivity index (χ4n) is 3.83. The largest absolute Gasteiger partial charge is 0.496 e. The van der Waals surface area contributed by atoms with Gasteiger partial charge in [-0.1, -0.05) is 49.7 Å². The predicted octanol–water partition coefficient (Wildman–Crippen LogP) is 4.51. The highest BCUT2D eigenvalue weighted by atomic mass is 16.5. The van der Waals surface area contributed by atoms with E-state index >= 15 is 0 Å². The van der Waals surface area contributed by atoms with Crippen LogP contribution in [0.1, 0.15) is 48.6 Å². The van der Waals surface area contributed by atoms with E-state index in [9.17, 15) is 5.11 Å². The average molecular weight is 451 g/mol. The summed E-state index contributed by atoms with van der Waals surface area (Å²) in [6, 6.07) is 16.0. The van der Waals surface area contributed by atoms with E-state index in [1.165, 1.54) is 0 Å². The summed E-state index contributed by atoms with van der Waals surface area (Å²) >= 11 is 0. The number of nitrogen functional groups attached to an aromatic ring is 1. The minimum Gasteiger partial charge on any atom is -0.496 e. The number of aryl methyl sites for hydroxylation is 1. The van der Waals surface area contributed by atoms with Crippen molar-refractivity contribution in [3.8, 4) is 11.5 Å². The molecular formula is C26H34N4O3. The lowest BCUT2D eigenvalue weighted by Crippen LogP contribution is -2.23. The average Bonchev–Trinajstić information content (AvgIpc) is 2.81. The number of aliphatic hydroxyl groups is 1. The number of aliphatic hydroxyl groups excluding tert-OH is 1. The van der Waals surface area contributed by atoms with Crippen molar-refractivity contribution >= 4 is 11.8 Å². The minimum absolute atomic E-state index is 0.114. The molecule has 0 fully saturated rings. The molecule has 0 radical (unpaired) electrons. The Morgan fingerprint density at radius 1 is 1.09 bits per heavy atom. The molecule has 1 atom stereocenters. The zero-order valence-electron chi connectivity index (χ0n) is 19.7. The zero-order valence-corrected chi connectivity index (χ0v) is 19.7. The predicted molar refractivity (Wildman–Crippen MR) is 132 cm³/mol. The Morgan fingerprint density at radius 3 is 2.58 bits per heavy atom. The van der Waals surface area contributed by atoms with Crippen molar-refractivity contribution in [2.45, 2.75) is 52.2 Å². The van der Waals surface area contributed by atoms with Crippen LogP contribution in [0.25, 0.3) is 0 Å². The summed E-state index contributed by atoms with van der Waals surface area (Å²) in [4.78, 5) is 8.86. The molecule has 1 heterocycles. The number of nitrogens with zero attached hydrogens (tertiary/aromatic N) is 2. The first-order valence-corrected chi connectivity index (χ1v) is 11.4. The van der Waals surface area contributed by atoms with Crippen LogP contribution < -0.4 is 20.5 Å². The molecule has 7 nitrogen and oxygen atoms in total. The maximum absolute atomic E-state index is 9.44. The van der Waals surface area contributed by atoms with Crippen molar-refractivity contribution in [1.82, 2.24) is 9.97 Å². The van der Waals surface area contributed by atoms with Crippen LogP contribution in [0.2, 0.25) is 0 Å². The van der Waals surface area contributed by atoms with Gasteiger partial charge < -0.3 is 25.6 Å². The van der Waals surface area contributed by atoms with Crippen LogP contribution in [0.5, 0.6) is 11.5 Å². The van der Waals surface area contributed by atoms with Gasteiger partial charge >= 0.3 is 0 Å². The zero-order chi connectivity index (χ0) is 23.6. The highest BCUT2D eigenvalue weighted by Crippen LogP contribution is 2.30. The monoisotopic (exact) mass is 450 g/mol. The van der Waals surface area contributed by atoms with Crippen LogP contribution in [0.15, 0.2) is 48.5 Å². The van der Waals surface area contributed by atoms with Gasteiger partial charge in [0.2, 0.25) is 5.95 Å². The fourth-order valence-corrected chi connectivity index (χ4v) is 3.83. The van der Waals surface area contributed by atoms with Gasteiger partial charge in [0.15, 0.2) is 0 Å². The van der Waals surface area contributed by atoms with Crippen LogP contribution >= 0.6 is 0 Å². The summed E-state index contributed by atoms with van der Waals surface area (Å²) in [6.07, 6.45) is 3.16. The van der Waals surface area contributed by atoms with Crippen molar-refractivity contribution < 1.29 is 14.6 Å². The number of aromatic nitrogens is 2. The number of hydrogen-bond acceptors (Lipinski definition) is 7. The van der Waals surface area contributed by atoms with Crippen LogP contribution in [0.4, 0.5) is 11.8 Å². The first kappa shape index (κ1) is 24.3. The van der Waals surface area contributed by atoms with E-state index in [0.717, 1.165) is 46.7 Å². The van der Waals surface area contributed by atoms with E-state index < -0.39 is 0 Å². The number of nitrogens with two attached hydrogens (primary N) is 1. The molecule has 0 bridgehead atoms. The molecule has 0 unspecified atom stereocenters. The molecule has 2 aromatic carbocycles. The number of nitrogens with one attached hydrogen (secondary N) is 1. The van der Waals surface area contributed by atoms with Crippen molar-refractivity contribution in [1.29, 1.82) is 0 Å². The topological polar surface area (TPSA) is 103 Å². The third-order valence-electron chi connectivity index (χ3n) is 5.56. The second-order valence-electron chi connectivity index (χ2n) is 8.06. The normalized spacial score (nSPS) is 11.8. The Kier molecular flexibility index (Phi) is 8.89. The summed E-state index contributed by atoms with van der Waals surface area (Å²) in [5.74, 6) is 2.42. The molecule has 0 aliphatic carbocycles. The van der Waals surface area contributed by atoms with Crippen LogP contribution in [-0.2, 0) is 13.0 Å². The molecule has 4 N–H and O–H groups in total. The van der Waals surface area contributed by atoms with E-state index in [0.29, 0.717) is 25.3 Å². The lowest BCUT2D eigenvalue weighted by Gasteiger charge is -2.21.